The van der Waals surface area contributed by atoms with Crippen LogP contribution >= 0.6 is 0 Å². The van der Waals surface area contributed by atoms with Gasteiger partial charge in [0.2, 0.25) is 5.91 Å². The van der Waals surface area contributed by atoms with E-state index in [2.05, 4.69) is 10.5 Å². The maximum absolute atomic E-state index is 10.6. The lowest BCUT2D eigenvalue weighted by molar-refractivity contribution is -0.118. The van der Waals surface area contributed by atoms with E-state index >= 15 is 0 Å². The standard InChI is InChI=1S/C12H16N2O2/c1-9(13-14-10(2)15)8-11-4-6-12(16-3)7-5-11/h4-7H,8H2,1-3H3,(H,14,15)/b13-9+. The molecule has 0 unspecified atom stereocenters. The summed E-state index contributed by atoms with van der Waals surface area (Å²) in [4.78, 5) is 10.6. The summed E-state index contributed by atoms with van der Waals surface area (Å²) in [6.07, 6.45) is 0.713. The molecule has 4 heteroatoms. The number of nitrogens with zero attached hydrogens (tertiary/aromatic N) is 1. The molecule has 0 fully saturated rings. The Labute approximate surface area is 95.3 Å². The van der Waals surface area contributed by atoms with Crippen molar-refractivity contribution < 1.29 is 9.53 Å². The molecule has 86 valence electrons. The monoisotopic (exact) mass is 220 g/mol. The number of hydrogen-bond donors (Lipinski definition) is 1. The van der Waals surface area contributed by atoms with Crippen LogP contribution in [0.1, 0.15) is 19.4 Å². The van der Waals surface area contributed by atoms with Crippen molar-refractivity contribution in [3.05, 3.63) is 29.8 Å². The number of hydrogen-bond acceptors (Lipinski definition) is 3. The average Bonchev–Trinajstić information content (AvgIpc) is 2.27. The largest absolute Gasteiger partial charge is 0.497 e. The van der Waals surface area contributed by atoms with Crippen LogP contribution in [0.4, 0.5) is 0 Å². The number of nitrogens with one attached hydrogen (secondary N) is 1. The van der Waals surface area contributed by atoms with E-state index in [4.69, 9.17) is 4.74 Å². The van der Waals surface area contributed by atoms with E-state index in [-0.39, 0.29) is 5.91 Å². The van der Waals surface area contributed by atoms with Crippen LogP contribution in [0.2, 0.25) is 0 Å². The van der Waals surface area contributed by atoms with Crippen molar-refractivity contribution >= 4 is 11.6 Å². The first-order chi connectivity index (χ1) is 7.61. The Hall–Kier alpha value is -1.84. The number of amides is 1. The van der Waals surface area contributed by atoms with Crippen LogP contribution < -0.4 is 10.2 Å². The molecule has 1 amide bonds. The third-order valence-corrected chi connectivity index (χ3v) is 2.02. The van der Waals surface area contributed by atoms with Crippen molar-refractivity contribution in [1.29, 1.82) is 0 Å². The fourth-order valence-corrected chi connectivity index (χ4v) is 1.25. The molecule has 0 atom stereocenters. The zero-order valence-corrected chi connectivity index (χ0v) is 9.78. The number of rotatable bonds is 4. The van der Waals surface area contributed by atoms with Gasteiger partial charge in [-0.2, -0.15) is 5.10 Å². The molecule has 0 saturated heterocycles. The van der Waals surface area contributed by atoms with E-state index in [0.29, 0.717) is 6.42 Å². The first-order valence-electron chi connectivity index (χ1n) is 5.04. The van der Waals surface area contributed by atoms with Gasteiger partial charge in [0.05, 0.1) is 7.11 Å². The van der Waals surface area contributed by atoms with Gasteiger partial charge in [0, 0.05) is 19.1 Å². The summed E-state index contributed by atoms with van der Waals surface area (Å²) >= 11 is 0. The lowest BCUT2D eigenvalue weighted by atomic mass is 10.1. The highest BCUT2D eigenvalue weighted by atomic mass is 16.5. The SMILES string of the molecule is COc1ccc(C/C(C)=N/NC(C)=O)cc1. The van der Waals surface area contributed by atoms with Gasteiger partial charge in [-0.25, -0.2) is 5.43 Å². The van der Waals surface area contributed by atoms with Gasteiger partial charge in [-0.1, -0.05) is 12.1 Å². The minimum absolute atomic E-state index is 0.158. The van der Waals surface area contributed by atoms with E-state index in [9.17, 15) is 4.79 Å². The number of benzene rings is 1. The summed E-state index contributed by atoms with van der Waals surface area (Å²) in [7, 11) is 1.64. The smallest absolute Gasteiger partial charge is 0.236 e. The van der Waals surface area contributed by atoms with Crippen molar-refractivity contribution in [2.75, 3.05) is 7.11 Å². The molecule has 16 heavy (non-hydrogen) atoms. The Morgan fingerprint density at radius 3 is 2.44 bits per heavy atom. The second kappa shape index (κ2) is 5.90. The summed E-state index contributed by atoms with van der Waals surface area (Å²) in [6, 6.07) is 7.76. The van der Waals surface area contributed by atoms with Gasteiger partial charge in [0.1, 0.15) is 5.75 Å². The molecule has 0 aliphatic carbocycles. The van der Waals surface area contributed by atoms with Crippen LogP contribution in [-0.2, 0) is 11.2 Å². The Morgan fingerprint density at radius 1 is 1.31 bits per heavy atom. The van der Waals surface area contributed by atoms with E-state index in [1.165, 1.54) is 6.92 Å². The molecular weight excluding hydrogens is 204 g/mol. The van der Waals surface area contributed by atoms with Crippen molar-refractivity contribution in [3.8, 4) is 5.75 Å². The third-order valence-electron chi connectivity index (χ3n) is 2.02. The van der Waals surface area contributed by atoms with Gasteiger partial charge in [-0.05, 0) is 24.6 Å². The number of hydrazone groups is 1. The summed E-state index contributed by atoms with van der Waals surface area (Å²) in [5.41, 5.74) is 4.41. The van der Waals surface area contributed by atoms with Crippen LogP contribution in [0, 0.1) is 0 Å². The maximum Gasteiger partial charge on any atom is 0.236 e. The Balaban J connectivity index is 2.58. The maximum atomic E-state index is 10.6. The van der Waals surface area contributed by atoms with Crippen LogP contribution in [0.15, 0.2) is 29.4 Å². The molecular formula is C12H16N2O2. The molecule has 0 bridgehead atoms. The van der Waals surface area contributed by atoms with Crippen molar-refractivity contribution in [3.63, 3.8) is 0 Å². The average molecular weight is 220 g/mol. The predicted octanol–water partition coefficient (Wildman–Crippen LogP) is 1.75. The number of carbonyl (C=O) groups is 1. The van der Waals surface area contributed by atoms with Crippen molar-refractivity contribution in [2.24, 2.45) is 5.10 Å². The molecule has 0 aromatic heterocycles. The zero-order chi connectivity index (χ0) is 12.0. The van der Waals surface area contributed by atoms with E-state index in [0.717, 1.165) is 17.0 Å². The second-order valence-corrected chi connectivity index (χ2v) is 3.54. The highest BCUT2D eigenvalue weighted by Gasteiger charge is 1.97. The Kier molecular flexibility index (Phi) is 4.51. The first kappa shape index (κ1) is 12.2. The molecule has 1 aromatic rings. The van der Waals surface area contributed by atoms with Crippen molar-refractivity contribution in [1.82, 2.24) is 5.43 Å². The lowest BCUT2D eigenvalue weighted by Gasteiger charge is -2.03. The predicted molar refractivity (Wildman–Crippen MR) is 63.6 cm³/mol. The van der Waals surface area contributed by atoms with Crippen LogP contribution in [0.3, 0.4) is 0 Å². The van der Waals surface area contributed by atoms with E-state index < -0.39 is 0 Å². The highest BCUT2D eigenvalue weighted by molar-refractivity contribution is 5.85. The van der Waals surface area contributed by atoms with Gasteiger partial charge in [0.25, 0.3) is 0 Å². The summed E-state index contributed by atoms with van der Waals surface area (Å²) < 4.78 is 5.07. The van der Waals surface area contributed by atoms with E-state index in [1.54, 1.807) is 7.11 Å². The van der Waals surface area contributed by atoms with Gasteiger partial charge in [0.15, 0.2) is 0 Å². The minimum atomic E-state index is -0.158. The number of carbonyl (C=O) groups excluding carboxylic acids is 1. The fraction of sp³-hybridized carbons (Fsp3) is 0.333. The first-order valence-corrected chi connectivity index (χ1v) is 5.04. The topological polar surface area (TPSA) is 50.7 Å². The van der Waals surface area contributed by atoms with Crippen molar-refractivity contribution in [2.45, 2.75) is 20.3 Å². The molecule has 1 rings (SSSR count). The molecule has 0 radical (unpaired) electrons. The second-order valence-electron chi connectivity index (χ2n) is 3.54. The third kappa shape index (κ3) is 4.13. The number of methoxy groups -OCH3 is 1. The zero-order valence-electron chi connectivity index (χ0n) is 9.78. The van der Waals surface area contributed by atoms with Crippen LogP contribution in [-0.4, -0.2) is 18.7 Å². The Morgan fingerprint density at radius 2 is 1.94 bits per heavy atom. The Bertz CT molecular complexity index is 383. The highest BCUT2D eigenvalue weighted by Crippen LogP contribution is 2.11. The normalized spacial score (nSPS) is 11.1. The molecule has 0 spiro atoms. The fourth-order valence-electron chi connectivity index (χ4n) is 1.25. The quantitative estimate of drug-likeness (QED) is 0.620. The van der Waals surface area contributed by atoms with E-state index in [1.807, 2.05) is 31.2 Å². The summed E-state index contributed by atoms with van der Waals surface area (Å²) in [5, 5.41) is 3.95. The molecule has 4 nitrogen and oxygen atoms in total. The summed E-state index contributed by atoms with van der Waals surface area (Å²) in [5.74, 6) is 0.675. The molecule has 1 aromatic carbocycles. The van der Waals surface area contributed by atoms with Crippen LogP contribution in [0.5, 0.6) is 5.75 Å². The lowest BCUT2D eigenvalue weighted by Crippen LogP contribution is -2.15. The molecule has 0 aliphatic heterocycles. The van der Waals surface area contributed by atoms with Crippen LogP contribution in [0.25, 0.3) is 0 Å². The summed E-state index contributed by atoms with van der Waals surface area (Å²) in [6.45, 7) is 3.31. The molecule has 1 N–H and O–H groups in total. The van der Waals surface area contributed by atoms with Gasteiger partial charge < -0.3 is 4.74 Å². The van der Waals surface area contributed by atoms with Gasteiger partial charge in [-0.3, -0.25) is 4.79 Å². The van der Waals surface area contributed by atoms with Gasteiger partial charge >= 0.3 is 0 Å². The van der Waals surface area contributed by atoms with Gasteiger partial charge in [-0.15, -0.1) is 0 Å². The molecule has 0 heterocycles. The molecule has 0 saturated carbocycles. The minimum Gasteiger partial charge on any atom is -0.497 e. The molecule has 0 aliphatic rings. The number of ether oxygens (including phenoxy) is 1.